The standard InChI is InChI=1S/C49H31N3.C43H27N3.C37H23N3/c1-4-16-32(17-5-1)35-28-36(30-37(29-35)49-51-47(33-18-6-2-7-19-33)50-48(52-49)34-20-8-3-9-21-34)44-31-45-40-24-11-10-22-38(40)39-23-12-14-26-42(39)46(45)43-27-15-13-25-41(43)44;1-3-13-28(14-4-1)29-23-25-31(26-24-29)42-44-41(30-15-5-2-6-16-30)45-43(46-42)39-27-38-34-19-8-7-17-32(34)33-18-9-11-21-36(33)40(38)37-22-12-10-20-35(37)39;1-3-13-24(14-4-1)35-38-36(25-15-5-2-6-16-25)40-37(39-35)33-23-32-28-19-8-7-17-26(28)27-18-9-11-21-30(27)34(32)31-22-12-10-20-29(31)33/h1-31H;1-27H;1-23H. The molecule has 0 N–H and O–H groups in total. The lowest BCUT2D eigenvalue weighted by atomic mass is 9.86. The van der Waals surface area contributed by atoms with Crippen LogP contribution in [0.15, 0.2) is 491 Å². The maximum absolute atomic E-state index is 5.18. The van der Waals surface area contributed by atoms with Gasteiger partial charge >= 0.3 is 0 Å². The zero-order valence-electron chi connectivity index (χ0n) is 74.8. The van der Waals surface area contributed by atoms with Gasteiger partial charge in [0.1, 0.15) is 0 Å². The van der Waals surface area contributed by atoms with Gasteiger partial charge in [0.05, 0.1) is 0 Å². The Labute approximate surface area is 795 Å². The zero-order chi connectivity index (χ0) is 91.4. The molecule has 138 heavy (non-hydrogen) atoms. The molecule has 0 aliphatic rings. The smallest absolute Gasteiger partial charge is 0.164 e. The number of hydrogen-bond donors (Lipinski definition) is 0. The number of benzene rings is 24. The largest absolute Gasteiger partial charge is 0.208 e. The monoisotopic (exact) mass is 1760 g/mol. The summed E-state index contributed by atoms with van der Waals surface area (Å²) >= 11 is 0. The van der Waals surface area contributed by atoms with Crippen LogP contribution >= 0.6 is 0 Å². The maximum Gasteiger partial charge on any atom is 0.164 e. The highest BCUT2D eigenvalue weighted by molar-refractivity contribution is 6.36. The minimum absolute atomic E-state index is 0.633. The molecule has 3 heterocycles. The third kappa shape index (κ3) is 14.9. The first-order valence-electron chi connectivity index (χ1n) is 46.6. The van der Waals surface area contributed by atoms with Crippen LogP contribution in [0.4, 0.5) is 0 Å². The molecule has 24 aromatic carbocycles. The molecule has 0 aliphatic carbocycles. The fourth-order valence-corrected chi connectivity index (χ4v) is 20.3. The third-order valence-corrected chi connectivity index (χ3v) is 26.7. The Bertz CT molecular complexity index is 9310. The normalized spacial score (nSPS) is 11.5. The predicted octanol–water partition coefficient (Wildman–Crippen LogP) is 33.5. The number of fused-ring (bicyclic) bond motifs is 24. The Morgan fingerprint density at radius 3 is 0.529 bits per heavy atom. The van der Waals surface area contributed by atoms with Crippen molar-refractivity contribution in [3.05, 3.63) is 491 Å². The highest BCUT2D eigenvalue weighted by Gasteiger charge is 2.25. The molecule has 3 aromatic heterocycles. The van der Waals surface area contributed by atoms with Crippen molar-refractivity contribution in [2.24, 2.45) is 0 Å². The van der Waals surface area contributed by atoms with Gasteiger partial charge in [-0.3, -0.25) is 0 Å². The van der Waals surface area contributed by atoms with Crippen molar-refractivity contribution < 1.29 is 0 Å². The topological polar surface area (TPSA) is 116 Å². The molecule has 9 nitrogen and oxygen atoms in total. The van der Waals surface area contributed by atoms with Crippen LogP contribution in [0.3, 0.4) is 0 Å². The van der Waals surface area contributed by atoms with Gasteiger partial charge in [-0.25, -0.2) is 44.9 Å². The number of hydrogen-bond acceptors (Lipinski definition) is 9. The first-order chi connectivity index (χ1) is 68.4. The fourth-order valence-electron chi connectivity index (χ4n) is 20.3. The molecular weight excluding hydrogens is 1680 g/mol. The summed E-state index contributed by atoms with van der Waals surface area (Å²) in [4.78, 5) is 45.6. The Hall–Kier alpha value is -18.6. The molecule has 27 rings (SSSR count). The summed E-state index contributed by atoms with van der Waals surface area (Å²) < 4.78 is 0. The second-order valence-corrected chi connectivity index (χ2v) is 34.8. The van der Waals surface area contributed by atoms with Crippen LogP contribution in [0.2, 0.25) is 0 Å². The van der Waals surface area contributed by atoms with Crippen LogP contribution in [-0.4, -0.2) is 44.9 Å². The second kappa shape index (κ2) is 35.2. The predicted molar refractivity (Wildman–Crippen MR) is 575 cm³/mol. The highest BCUT2D eigenvalue weighted by Crippen LogP contribution is 2.49. The molecule has 27 aromatic rings. The van der Waals surface area contributed by atoms with Crippen molar-refractivity contribution in [3.63, 3.8) is 0 Å². The van der Waals surface area contributed by atoms with E-state index in [9.17, 15) is 0 Å². The fraction of sp³-hybridized carbons (Fsp3) is 0. The summed E-state index contributed by atoms with van der Waals surface area (Å²) in [6, 6.07) is 172. The lowest BCUT2D eigenvalue weighted by Gasteiger charge is -2.17. The van der Waals surface area contributed by atoms with E-state index in [1.165, 1.54) is 130 Å². The Morgan fingerprint density at radius 2 is 0.246 bits per heavy atom. The quantitative estimate of drug-likeness (QED) is 0.110. The maximum atomic E-state index is 5.18. The summed E-state index contributed by atoms with van der Waals surface area (Å²) in [7, 11) is 0. The van der Waals surface area contributed by atoms with Crippen molar-refractivity contribution in [1.29, 1.82) is 0 Å². The Kier molecular flexibility index (Phi) is 20.8. The van der Waals surface area contributed by atoms with Gasteiger partial charge in [0, 0.05) is 50.1 Å². The molecule has 0 unspecified atom stereocenters. The van der Waals surface area contributed by atoms with Crippen molar-refractivity contribution in [2.45, 2.75) is 0 Å². The van der Waals surface area contributed by atoms with Gasteiger partial charge in [0.25, 0.3) is 0 Å². The van der Waals surface area contributed by atoms with Crippen LogP contribution in [0.1, 0.15) is 0 Å². The molecule has 0 radical (unpaired) electrons. The van der Waals surface area contributed by atoms with Gasteiger partial charge in [-0.2, -0.15) is 0 Å². The van der Waals surface area contributed by atoms with Crippen LogP contribution in [0.5, 0.6) is 0 Å². The summed E-state index contributed by atoms with van der Waals surface area (Å²) in [5.41, 5.74) is 15.5. The van der Waals surface area contributed by atoms with Crippen molar-refractivity contribution in [1.82, 2.24) is 44.9 Å². The van der Waals surface area contributed by atoms with Crippen LogP contribution in [0, 0.1) is 0 Å². The SMILES string of the molecule is c1ccc(-c2cc(-c3nc(-c4ccccc4)nc(-c4ccccc4)n3)cc(-c3cc4c5ccccc5c5ccccc5c4c4ccccc34)c2)cc1.c1ccc(-c2ccc(-c3nc(-c4ccccc4)nc(-c4cc5c6ccccc6c6ccccc6c5c5ccccc45)n3)cc2)cc1.c1ccc(-c2nc(-c3ccccc3)nc(-c3cc4c5ccccc5c5ccccc5c4c4ccccc34)n2)cc1. The van der Waals surface area contributed by atoms with E-state index in [0.29, 0.717) is 52.4 Å². The average molecular weight is 1760 g/mol. The average Bonchev–Trinajstić information content (AvgIpc) is 0.726. The summed E-state index contributed by atoms with van der Waals surface area (Å²) in [6.45, 7) is 0. The molecule has 0 saturated heterocycles. The van der Waals surface area contributed by atoms with Crippen LogP contribution in [-0.2, 0) is 0 Å². The molecule has 0 spiro atoms. The van der Waals surface area contributed by atoms with E-state index >= 15 is 0 Å². The van der Waals surface area contributed by atoms with E-state index in [0.717, 1.165) is 83.1 Å². The summed E-state index contributed by atoms with van der Waals surface area (Å²) in [5, 5.41) is 29.5. The first-order valence-corrected chi connectivity index (χ1v) is 46.6. The van der Waals surface area contributed by atoms with Crippen molar-refractivity contribution >= 4 is 129 Å². The Balaban J connectivity index is 0.000000111. The molecule has 0 fully saturated rings. The molecule has 0 amide bonds. The van der Waals surface area contributed by atoms with Gasteiger partial charge in [-0.05, 0) is 199 Å². The minimum atomic E-state index is 0.633. The number of nitrogens with zero attached hydrogens (tertiary/aromatic N) is 9. The minimum Gasteiger partial charge on any atom is -0.208 e. The van der Waals surface area contributed by atoms with Crippen LogP contribution in [0.25, 0.3) is 265 Å². The molecule has 0 saturated carbocycles. The van der Waals surface area contributed by atoms with E-state index in [1.54, 1.807) is 0 Å². The van der Waals surface area contributed by atoms with E-state index < -0.39 is 0 Å². The summed E-state index contributed by atoms with van der Waals surface area (Å²) in [5.74, 6) is 5.88. The van der Waals surface area contributed by atoms with E-state index in [-0.39, 0.29) is 0 Å². The Morgan fingerprint density at radius 1 is 0.0870 bits per heavy atom. The van der Waals surface area contributed by atoms with Crippen molar-refractivity contribution in [3.8, 4) is 136 Å². The van der Waals surface area contributed by atoms with Gasteiger partial charge in [0.2, 0.25) is 0 Å². The van der Waals surface area contributed by atoms with Gasteiger partial charge < -0.3 is 0 Å². The van der Waals surface area contributed by atoms with Gasteiger partial charge in [0.15, 0.2) is 52.4 Å². The zero-order valence-corrected chi connectivity index (χ0v) is 74.8. The molecule has 9 heteroatoms. The molecule has 0 aliphatic heterocycles. The number of aromatic nitrogens is 9. The lowest BCUT2D eigenvalue weighted by molar-refractivity contribution is 1.07. The van der Waals surface area contributed by atoms with E-state index in [2.05, 4.69) is 370 Å². The number of rotatable bonds is 12. The lowest BCUT2D eigenvalue weighted by Crippen LogP contribution is -2.01. The third-order valence-electron chi connectivity index (χ3n) is 26.7. The second-order valence-electron chi connectivity index (χ2n) is 34.8. The molecule has 0 bridgehead atoms. The van der Waals surface area contributed by atoms with Gasteiger partial charge in [-0.15, -0.1) is 0 Å². The van der Waals surface area contributed by atoms with Crippen LogP contribution < -0.4 is 0 Å². The first kappa shape index (κ1) is 81.4. The van der Waals surface area contributed by atoms with E-state index in [1.807, 2.05) is 121 Å². The highest BCUT2D eigenvalue weighted by atomic mass is 15.1. The summed E-state index contributed by atoms with van der Waals surface area (Å²) in [6.07, 6.45) is 0. The van der Waals surface area contributed by atoms with Crippen molar-refractivity contribution in [2.75, 3.05) is 0 Å². The van der Waals surface area contributed by atoms with Gasteiger partial charge in [-0.1, -0.05) is 455 Å². The molecule has 0 atom stereocenters. The van der Waals surface area contributed by atoms with E-state index in [4.69, 9.17) is 44.9 Å². The molecule has 642 valence electrons. The molecular formula is C129H81N9.